The second kappa shape index (κ2) is 28.1. The van der Waals surface area contributed by atoms with E-state index >= 15 is 0 Å². The van der Waals surface area contributed by atoms with E-state index in [-0.39, 0.29) is 0 Å². The molecule has 6 aromatic heterocycles. The molecule has 0 spiro atoms. The van der Waals surface area contributed by atoms with Crippen molar-refractivity contribution in [2.24, 2.45) is 0 Å². The van der Waals surface area contributed by atoms with E-state index in [1.165, 1.54) is 79.2 Å². The lowest BCUT2D eigenvalue weighted by Crippen LogP contribution is -2.74. The van der Waals surface area contributed by atoms with E-state index in [0.717, 1.165) is 83.1 Å². The van der Waals surface area contributed by atoms with Crippen molar-refractivity contribution in [1.29, 1.82) is 0 Å². The number of rotatable bonds is 13. The van der Waals surface area contributed by atoms with E-state index < -0.39 is 8.07 Å². The topological polar surface area (TPSA) is 100 Å². The second-order valence-electron chi connectivity index (χ2n) is 28.4. The van der Waals surface area contributed by atoms with Crippen molar-refractivity contribution in [2.45, 2.75) is 0 Å². The molecule has 0 fully saturated rings. The third-order valence-corrected chi connectivity index (χ3v) is 27.8. The van der Waals surface area contributed by atoms with Gasteiger partial charge in [0.25, 0.3) is 0 Å². The van der Waals surface area contributed by atoms with Crippen LogP contribution in [0.4, 0.5) is 0 Å². The summed E-state index contributed by atoms with van der Waals surface area (Å²) in [4.78, 5) is 29.8. The Balaban J connectivity index is 0.000000146. The molecule has 11 heteroatoms. The Morgan fingerprint density at radius 1 is 0.204 bits per heavy atom. The maximum absolute atomic E-state index is 6.56. The summed E-state index contributed by atoms with van der Waals surface area (Å²) in [6.07, 6.45) is 0. The van der Waals surface area contributed by atoms with Crippen molar-refractivity contribution in [3.05, 3.63) is 400 Å². The van der Waals surface area contributed by atoms with Crippen LogP contribution in [0.5, 0.6) is 0 Å². The molecule has 113 heavy (non-hydrogen) atoms. The summed E-state index contributed by atoms with van der Waals surface area (Å²) in [5.74, 6) is 3.85. The van der Waals surface area contributed by atoms with Gasteiger partial charge in [-0.1, -0.05) is 297 Å². The van der Waals surface area contributed by atoms with Gasteiger partial charge < -0.3 is 13.6 Å². The molecule has 0 radical (unpaired) electrons. The van der Waals surface area contributed by atoms with Gasteiger partial charge in [-0.15, -0.1) is 11.3 Å². The van der Waals surface area contributed by atoms with Gasteiger partial charge in [-0.05, 0) is 135 Å². The normalized spacial score (nSPS) is 11.7. The van der Waals surface area contributed by atoms with Crippen molar-refractivity contribution in [2.75, 3.05) is 0 Å². The number of aromatic nitrogens is 8. The van der Waals surface area contributed by atoms with Gasteiger partial charge in [-0.25, -0.2) is 29.9 Å². The van der Waals surface area contributed by atoms with Crippen LogP contribution >= 0.6 is 11.3 Å². The number of thiophene rings is 1. The average molecular weight is 1480 g/mol. The van der Waals surface area contributed by atoms with Crippen LogP contribution in [-0.2, 0) is 0 Å². The molecule has 0 bridgehead atoms. The average Bonchev–Trinajstić information content (AvgIpc) is 1.69. The molecule has 0 aliphatic carbocycles. The zero-order valence-electron chi connectivity index (χ0n) is 61.0. The molecule has 0 aliphatic rings. The number of fused-ring (bicyclic) bond motifs is 12. The van der Waals surface area contributed by atoms with Crippen LogP contribution in [0, 0.1) is 0 Å². The molecule has 0 aliphatic heterocycles. The number of hydrogen-bond donors (Lipinski definition) is 0. The lowest BCUT2D eigenvalue weighted by atomic mass is 10.0. The molecule has 0 saturated carbocycles. The van der Waals surface area contributed by atoms with Crippen molar-refractivity contribution in [3.8, 4) is 90.8 Å². The fourth-order valence-corrected chi connectivity index (χ4v) is 22.4. The fraction of sp³-hybridized carbons (Fsp3) is 0. The van der Waals surface area contributed by atoms with Gasteiger partial charge in [0.1, 0.15) is 11.2 Å². The van der Waals surface area contributed by atoms with Gasteiger partial charge >= 0.3 is 0 Å². The first-order valence-electron chi connectivity index (χ1n) is 38.0. The minimum absolute atomic E-state index is 0.622. The zero-order valence-corrected chi connectivity index (χ0v) is 62.8. The van der Waals surface area contributed by atoms with Gasteiger partial charge in [-0.3, -0.25) is 0 Å². The number of hydrogen-bond acceptors (Lipinski definition) is 8. The van der Waals surface area contributed by atoms with E-state index in [0.29, 0.717) is 34.9 Å². The molecule has 16 aromatic carbocycles. The van der Waals surface area contributed by atoms with Crippen molar-refractivity contribution >= 4 is 126 Å². The summed E-state index contributed by atoms with van der Waals surface area (Å²) in [5, 5.41) is 14.9. The summed E-state index contributed by atoms with van der Waals surface area (Å²) >= 11 is 1.86. The standard InChI is InChI=1S/C57H38N4OSi.C45H28N4S/c1-6-18-39(19-7-1)55-58-56(40-20-8-2-9-21-40)60-57(59-55)41-30-32-42(33-31-41)61-51-35-34-46(36-48(51)49-38-54-50(37-52(49)61)47-28-16-17-29-53(47)62-54)63(43-22-10-3-11-23-43,44-24-12-4-13-25-44)45-26-14-5-15-27-45;1-4-12-29(13-5-1)33-22-25-39-36(26-33)37-28-42-38(35-18-10-11-19-41(35)50-42)27-40(37)49(39)34-23-20-32(21-24-34)45-47-43(30-14-6-2-7-15-30)46-44(48-45)31-16-8-3-9-17-31/h1-38H;1-28H. The second-order valence-corrected chi connectivity index (χ2v) is 33.3. The molecule has 22 aromatic rings. The predicted molar refractivity (Wildman–Crippen MR) is 470 cm³/mol. The van der Waals surface area contributed by atoms with E-state index in [2.05, 4.69) is 282 Å². The monoisotopic (exact) mass is 1480 g/mol. The number of benzene rings is 16. The van der Waals surface area contributed by atoms with Gasteiger partial charge in [0.15, 0.2) is 43.0 Å². The highest BCUT2D eigenvalue weighted by atomic mass is 32.1. The number of furan rings is 1. The highest BCUT2D eigenvalue weighted by molar-refractivity contribution is 7.26. The summed E-state index contributed by atoms with van der Waals surface area (Å²) in [6.45, 7) is 0. The van der Waals surface area contributed by atoms with Gasteiger partial charge in [0, 0.05) is 97.2 Å². The minimum atomic E-state index is -2.81. The Bertz CT molecular complexity index is 7100. The largest absolute Gasteiger partial charge is 0.456 e. The number of nitrogens with zero attached hydrogens (tertiary/aromatic N) is 8. The summed E-state index contributed by atoms with van der Waals surface area (Å²) < 4.78 is 14.0. The first kappa shape index (κ1) is 66.6. The Labute approximate surface area is 656 Å². The van der Waals surface area contributed by atoms with Crippen molar-refractivity contribution in [1.82, 2.24) is 39.0 Å². The summed E-state index contributed by atoms with van der Waals surface area (Å²) in [5.41, 5.74) is 16.5. The molecule has 0 amide bonds. The SMILES string of the molecule is c1ccc(-c2ccc3c(c2)c2cc4sc5ccccc5c4cc2n3-c2ccc(-c3nc(-c4ccccc4)nc(-c4ccccc4)n3)cc2)cc1.c1ccc(-c2nc(-c3ccccc3)nc(-c3ccc(-n4c5ccc([Si](c6ccccc6)(c6ccccc6)c6ccccc6)cc5c5cc6oc7ccccc7c6cc54)cc3)n2)cc1. The van der Waals surface area contributed by atoms with Gasteiger partial charge in [0.2, 0.25) is 0 Å². The van der Waals surface area contributed by atoms with Gasteiger partial charge in [-0.2, -0.15) is 0 Å². The van der Waals surface area contributed by atoms with Crippen LogP contribution in [0.2, 0.25) is 0 Å². The Hall–Kier alpha value is -14.6. The van der Waals surface area contributed by atoms with Crippen LogP contribution < -0.4 is 20.7 Å². The van der Waals surface area contributed by atoms with E-state index in [4.69, 9.17) is 34.3 Å². The van der Waals surface area contributed by atoms with Crippen LogP contribution in [-0.4, -0.2) is 47.1 Å². The third-order valence-electron chi connectivity index (χ3n) is 21.9. The smallest absolute Gasteiger partial charge is 0.179 e. The number of para-hydroxylation sites is 1. The first-order chi connectivity index (χ1) is 56.0. The predicted octanol–water partition coefficient (Wildman–Crippen LogP) is 23.3. The lowest BCUT2D eigenvalue weighted by Gasteiger charge is -2.34. The molecular weight excluding hydrogens is 1410 g/mol. The van der Waals surface area contributed by atoms with Crippen LogP contribution in [0.25, 0.3) is 177 Å². The third kappa shape index (κ3) is 11.9. The fourth-order valence-electron chi connectivity index (χ4n) is 16.5. The quantitative estimate of drug-likeness (QED) is 0.0837. The first-order valence-corrected chi connectivity index (χ1v) is 40.8. The molecule has 0 unspecified atom stereocenters. The molecule has 0 N–H and O–H groups in total. The maximum Gasteiger partial charge on any atom is 0.179 e. The summed E-state index contributed by atoms with van der Waals surface area (Å²) in [7, 11) is -2.81. The molecular formula is C102H66N8OSSi. The molecule has 6 heterocycles. The maximum atomic E-state index is 6.56. The highest BCUT2D eigenvalue weighted by Gasteiger charge is 2.42. The van der Waals surface area contributed by atoms with Crippen molar-refractivity contribution in [3.63, 3.8) is 0 Å². The van der Waals surface area contributed by atoms with Crippen LogP contribution in [0.3, 0.4) is 0 Å². The summed E-state index contributed by atoms with van der Waals surface area (Å²) in [6, 6.07) is 142. The minimum Gasteiger partial charge on any atom is -0.456 e. The molecule has 9 nitrogen and oxygen atoms in total. The van der Waals surface area contributed by atoms with Crippen LogP contribution in [0.1, 0.15) is 0 Å². The van der Waals surface area contributed by atoms with E-state index in [1.807, 2.05) is 139 Å². The Kier molecular flexibility index (Phi) is 16.6. The highest BCUT2D eigenvalue weighted by Crippen LogP contribution is 2.44. The Morgan fingerprint density at radius 2 is 0.549 bits per heavy atom. The van der Waals surface area contributed by atoms with E-state index in [1.54, 1.807) is 0 Å². The Morgan fingerprint density at radius 3 is 1.01 bits per heavy atom. The molecule has 0 atom stereocenters. The van der Waals surface area contributed by atoms with Crippen molar-refractivity contribution < 1.29 is 4.42 Å². The molecule has 0 saturated heterocycles. The molecule has 22 rings (SSSR count). The zero-order chi connectivity index (χ0) is 74.8. The van der Waals surface area contributed by atoms with Gasteiger partial charge in [0.05, 0.1) is 22.1 Å². The van der Waals surface area contributed by atoms with Crippen LogP contribution in [0.15, 0.2) is 405 Å². The molecule has 530 valence electrons. The lowest BCUT2D eigenvalue weighted by molar-refractivity contribution is 0.669. The van der Waals surface area contributed by atoms with E-state index in [9.17, 15) is 0 Å².